The number of rotatable bonds is 4. The van der Waals surface area contributed by atoms with E-state index in [1.54, 1.807) is 4.90 Å². The van der Waals surface area contributed by atoms with Crippen molar-refractivity contribution in [3.05, 3.63) is 35.9 Å². The highest BCUT2D eigenvalue weighted by molar-refractivity contribution is 6.09. The van der Waals surface area contributed by atoms with Gasteiger partial charge in [-0.3, -0.25) is 14.5 Å². The van der Waals surface area contributed by atoms with Gasteiger partial charge >= 0.3 is 6.03 Å². The van der Waals surface area contributed by atoms with E-state index in [2.05, 4.69) is 5.32 Å². The summed E-state index contributed by atoms with van der Waals surface area (Å²) in [5.41, 5.74) is -0.246. The second-order valence-electron chi connectivity index (χ2n) is 9.08. The molecule has 2 aliphatic rings. The monoisotopic (exact) mass is 385 g/mol. The number of amides is 4. The molecule has 6 nitrogen and oxygen atoms in total. The molecule has 6 heteroatoms. The maximum Gasteiger partial charge on any atom is 0.325 e. The topological polar surface area (TPSA) is 69.7 Å². The zero-order valence-corrected chi connectivity index (χ0v) is 17.3. The Bertz CT molecular complexity index is 756. The lowest BCUT2D eigenvalue weighted by atomic mass is 9.73. The lowest BCUT2D eigenvalue weighted by Gasteiger charge is -2.38. The molecule has 152 valence electrons. The van der Waals surface area contributed by atoms with E-state index in [1.165, 1.54) is 0 Å². The Balaban J connectivity index is 1.78. The van der Waals surface area contributed by atoms with Crippen LogP contribution in [-0.4, -0.2) is 45.3 Å². The quantitative estimate of drug-likeness (QED) is 0.809. The average Bonchev–Trinajstić information content (AvgIpc) is 2.87. The van der Waals surface area contributed by atoms with Crippen LogP contribution in [0.25, 0.3) is 0 Å². The van der Waals surface area contributed by atoms with Crippen LogP contribution in [0.4, 0.5) is 4.79 Å². The molecule has 0 aromatic heterocycles. The predicted octanol–water partition coefficient (Wildman–Crippen LogP) is 3.31. The molecule has 1 N–H and O–H groups in total. The first-order valence-electron chi connectivity index (χ1n) is 10.1. The molecule has 1 saturated heterocycles. The fraction of sp³-hybridized carbons (Fsp3) is 0.591. The zero-order chi connectivity index (χ0) is 20.5. The van der Waals surface area contributed by atoms with Crippen LogP contribution in [0.15, 0.2) is 30.3 Å². The molecule has 1 aromatic rings. The Kier molecular flexibility index (Phi) is 5.50. The standard InChI is InChI=1S/C22H31N3O3/c1-16-10-8-9-13-22(16)19(27)24(20(28)23-22)15-18(26)25(21(2,3)4)14-17-11-6-5-7-12-17/h5-7,11-12,16H,8-10,13-15H2,1-4H3,(H,23,28)/t16-,22-/m0/s1. The molecule has 2 fully saturated rings. The van der Waals surface area contributed by atoms with Crippen LogP contribution >= 0.6 is 0 Å². The summed E-state index contributed by atoms with van der Waals surface area (Å²) in [6, 6.07) is 9.31. The number of imide groups is 1. The molecule has 1 aliphatic heterocycles. The predicted molar refractivity (Wildman–Crippen MR) is 107 cm³/mol. The summed E-state index contributed by atoms with van der Waals surface area (Å²) in [6.45, 7) is 8.12. The van der Waals surface area contributed by atoms with Crippen LogP contribution in [-0.2, 0) is 16.1 Å². The Morgan fingerprint density at radius 3 is 2.50 bits per heavy atom. The highest BCUT2D eigenvalue weighted by atomic mass is 16.2. The van der Waals surface area contributed by atoms with Gasteiger partial charge in [-0.05, 0) is 45.1 Å². The van der Waals surface area contributed by atoms with Crippen LogP contribution in [0.2, 0.25) is 0 Å². The fourth-order valence-electron chi connectivity index (χ4n) is 4.33. The normalized spacial score (nSPS) is 25.1. The molecule has 0 unspecified atom stereocenters. The summed E-state index contributed by atoms with van der Waals surface area (Å²) in [7, 11) is 0. The Labute approximate surface area is 167 Å². The summed E-state index contributed by atoms with van der Waals surface area (Å²) in [6.07, 6.45) is 3.55. The highest BCUT2D eigenvalue weighted by Crippen LogP contribution is 2.38. The smallest absolute Gasteiger partial charge is 0.325 e. The van der Waals surface area contributed by atoms with Crippen molar-refractivity contribution in [1.29, 1.82) is 0 Å². The number of carbonyl (C=O) groups excluding carboxylic acids is 3. The first-order valence-corrected chi connectivity index (χ1v) is 10.1. The molecule has 0 bridgehead atoms. The molecule has 1 spiro atoms. The van der Waals surface area contributed by atoms with E-state index in [-0.39, 0.29) is 24.3 Å². The summed E-state index contributed by atoms with van der Waals surface area (Å²) >= 11 is 0. The van der Waals surface area contributed by atoms with Gasteiger partial charge in [0.15, 0.2) is 0 Å². The van der Waals surface area contributed by atoms with E-state index in [4.69, 9.17) is 0 Å². The van der Waals surface area contributed by atoms with E-state index >= 15 is 0 Å². The number of hydrogen-bond donors (Lipinski definition) is 1. The van der Waals surface area contributed by atoms with E-state index in [0.717, 1.165) is 29.7 Å². The zero-order valence-electron chi connectivity index (χ0n) is 17.3. The Morgan fingerprint density at radius 2 is 1.89 bits per heavy atom. The summed E-state index contributed by atoms with van der Waals surface area (Å²) in [5.74, 6) is -0.382. The third-order valence-electron chi connectivity index (χ3n) is 6.09. The first-order chi connectivity index (χ1) is 13.1. The molecule has 1 aliphatic carbocycles. The average molecular weight is 386 g/mol. The maximum atomic E-state index is 13.1. The van der Waals surface area contributed by atoms with E-state index < -0.39 is 17.1 Å². The van der Waals surface area contributed by atoms with E-state index in [9.17, 15) is 14.4 Å². The minimum absolute atomic E-state index is 0.0841. The van der Waals surface area contributed by atoms with Gasteiger partial charge in [0, 0.05) is 12.1 Å². The Morgan fingerprint density at radius 1 is 1.21 bits per heavy atom. The van der Waals surface area contributed by atoms with E-state index in [1.807, 2.05) is 58.0 Å². The molecular formula is C22H31N3O3. The van der Waals surface area contributed by atoms with Crippen molar-refractivity contribution in [2.24, 2.45) is 5.92 Å². The van der Waals surface area contributed by atoms with Crippen molar-refractivity contribution in [3.8, 4) is 0 Å². The molecule has 3 rings (SSSR count). The second-order valence-corrected chi connectivity index (χ2v) is 9.08. The van der Waals surface area contributed by atoms with Gasteiger partial charge in [0.2, 0.25) is 5.91 Å². The molecule has 28 heavy (non-hydrogen) atoms. The van der Waals surface area contributed by atoms with Crippen LogP contribution in [0.3, 0.4) is 0 Å². The number of benzene rings is 1. The minimum atomic E-state index is -0.832. The third kappa shape index (κ3) is 3.77. The molecule has 1 heterocycles. The van der Waals surface area contributed by atoms with Gasteiger partial charge in [-0.15, -0.1) is 0 Å². The number of urea groups is 1. The number of carbonyl (C=O) groups is 3. The SMILES string of the molecule is C[C@H]1CCCC[C@]12NC(=O)N(CC(=O)N(Cc1ccccc1)C(C)(C)C)C2=O. The van der Waals surface area contributed by atoms with Gasteiger partial charge in [-0.1, -0.05) is 50.1 Å². The van der Waals surface area contributed by atoms with Crippen molar-refractivity contribution >= 4 is 17.8 Å². The molecule has 1 saturated carbocycles. The molecule has 2 atom stereocenters. The molecule has 4 amide bonds. The van der Waals surface area contributed by atoms with Crippen molar-refractivity contribution in [3.63, 3.8) is 0 Å². The van der Waals surface area contributed by atoms with Gasteiger partial charge in [0.25, 0.3) is 5.91 Å². The van der Waals surface area contributed by atoms with Gasteiger partial charge in [-0.2, -0.15) is 0 Å². The number of nitrogens with one attached hydrogen (secondary N) is 1. The Hall–Kier alpha value is -2.37. The first kappa shape index (κ1) is 20.4. The summed E-state index contributed by atoms with van der Waals surface area (Å²) in [5, 5.41) is 2.92. The molecule has 0 radical (unpaired) electrons. The van der Waals surface area contributed by atoms with Crippen LogP contribution in [0.1, 0.15) is 58.9 Å². The maximum absolute atomic E-state index is 13.1. The summed E-state index contributed by atoms with van der Waals surface area (Å²) in [4.78, 5) is 41.7. The largest absolute Gasteiger partial charge is 0.332 e. The second kappa shape index (κ2) is 7.57. The van der Waals surface area contributed by atoms with Crippen molar-refractivity contribution in [1.82, 2.24) is 15.1 Å². The number of nitrogens with zero attached hydrogens (tertiary/aromatic N) is 2. The van der Waals surface area contributed by atoms with Crippen molar-refractivity contribution < 1.29 is 14.4 Å². The molecular weight excluding hydrogens is 354 g/mol. The van der Waals surface area contributed by atoms with Gasteiger partial charge < -0.3 is 10.2 Å². The fourth-order valence-corrected chi connectivity index (χ4v) is 4.33. The van der Waals surface area contributed by atoms with E-state index in [0.29, 0.717) is 13.0 Å². The van der Waals surface area contributed by atoms with Gasteiger partial charge in [0.1, 0.15) is 12.1 Å². The lowest BCUT2D eigenvalue weighted by Crippen LogP contribution is -2.54. The van der Waals surface area contributed by atoms with Gasteiger partial charge in [0.05, 0.1) is 0 Å². The number of hydrogen-bond acceptors (Lipinski definition) is 3. The molecule has 1 aromatic carbocycles. The van der Waals surface area contributed by atoms with Crippen molar-refractivity contribution in [2.75, 3.05) is 6.54 Å². The lowest BCUT2D eigenvalue weighted by molar-refractivity contribution is -0.143. The van der Waals surface area contributed by atoms with Crippen molar-refractivity contribution in [2.45, 2.75) is 71.0 Å². The van der Waals surface area contributed by atoms with Gasteiger partial charge in [-0.25, -0.2) is 4.79 Å². The highest BCUT2D eigenvalue weighted by Gasteiger charge is 2.55. The van der Waals surface area contributed by atoms with Crippen LogP contribution in [0.5, 0.6) is 0 Å². The minimum Gasteiger partial charge on any atom is -0.332 e. The third-order valence-corrected chi connectivity index (χ3v) is 6.09. The summed E-state index contributed by atoms with van der Waals surface area (Å²) < 4.78 is 0. The van der Waals surface area contributed by atoms with Crippen LogP contribution < -0.4 is 5.32 Å². The van der Waals surface area contributed by atoms with Crippen LogP contribution in [0, 0.1) is 5.92 Å².